The Kier molecular flexibility index (Phi) is 7.19. The molecule has 1 rings (SSSR count). The van der Waals surface area contributed by atoms with Crippen LogP contribution in [0.3, 0.4) is 0 Å². The molecule has 1 atom stereocenters. The number of nitrogens with one attached hydrogen (secondary N) is 1. The lowest BCUT2D eigenvalue weighted by Crippen LogP contribution is -2.38. The van der Waals surface area contributed by atoms with Crippen molar-refractivity contribution in [1.29, 1.82) is 0 Å². The summed E-state index contributed by atoms with van der Waals surface area (Å²) in [4.78, 5) is 0. The van der Waals surface area contributed by atoms with Crippen molar-refractivity contribution < 1.29 is 14.6 Å². The van der Waals surface area contributed by atoms with Gasteiger partial charge in [0.1, 0.15) is 12.7 Å². The van der Waals surface area contributed by atoms with Gasteiger partial charge in [0.15, 0.2) is 11.5 Å². The summed E-state index contributed by atoms with van der Waals surface area (Å²) in [5.41, 5.74) is 0. The van der Waals surface area contributed by atoms with Gasteiger partial charge in [0.05, 0.1) is 7.11 Å². The Balaban J connectivity index is 2.31. The van der Waals surface area contributed by atoms with Crippen LogP contribution in [0.1, 0.15) is 13.8 Å². The minimum atomic E-state index is -0.544. The van der Waals surface area contributed by atoms with Gasteiger partial charge in [0.25, 0.3) is 0 Å². The summed E-state index contributed by atoms with van der Waals surface area (Å²) >= 11 is 1.80. The fourth-order valence-electron chi connectivity index (χ4n) is 1.59. The van der Waals surface area contributed by atoms with Gasteiger partial charge >= 0.3 is 0 Å². The van der Waals surface area contributed by atoms with Crippen LogP contribution in [0.15, 0.2) is 24.3 Å². The largest absolute Gasteiger partial charge is 0.493 e. The highest BCUT2D eigenvalue weighted by Crippen LogP contribution is 2.25. The molecule has 0 amide bonds. The van der Waals surface area contributed by atoms with E-state index in [1.54, 1.807) is 18.9 Å². The Bertz CT molecular complexity index is 398. The number of methoxy groups -OCH3 is 1. The van der Waals surface area contributed by atoms with E-state index in [4.69, 9.17) is 9.47 Å². The Morgan fingerprint density at radius 1 is 1.30 bits per heavy atom. The number of hydrogen-bond acceptors (Lipinski definition) is 5. The second-order valence-corrected chi connectivity index (χ2v) is 6.72. The molecule has 20 heavy (non-hydrogen) atoms. The molecular weight excluding hydrogens is 274 g/mol. The molecule has 5 heteroatoms. The average Bonchev–Trinajstić information content (AvgIpc) is 2.45. The van der Waals surface area contributed by atoms with E-state index in [0.29, 0.717) is 18.0 Å². The molecule has 0 spiro atoms. The van der Waals surface area contributed by atoms with E-state index in [-0.39, 0.29) is 11.4 Å². The fraction of sp³-hybridized carbons (Fsp3) is 0.600. The van der Waals surface area contributed by atoms with E-state index in [9.17, 15) is 5.11 Å². The van der Waals surface area contributed by atoms with Gasteiger partial charge in [-0.25, -0.2) is 0 Å². The Morgan fingerprint density at radius 2 is 1.95 bits per heavy atom. The van der Waals surface area contributed by atoms with Crippen LogP contribution in [0.25, 0.3) is 0 Å². The molecule has 2 N–H and O–H groups in total. The van der Waals surface area contributed by atoms with Crippen LogP contribution < -0.4 is 14.8 Å². The van der Waals surface area contributed by atoms with E-state index in [2.05, 4.69) is 25.4 Å². The normalized spacial score (nSPS) is 13.1. The van der Waals surface area contributed by atoms with E-state index in [1.807, 2.05) is 24.3 Å². The number of rotatable bonds is 9. The molecule has 1 aromatic rings. The maximum Gasteiger partial charge on any atom is 0.161 e. The van der Waals surface area contributed by atoms with Crippen LogP contribution in [-0.2, 0) is 0 Å². The summed E-state index contributed by atoms with van der Waals surface area (Å²) < 4.78 is 10.9. The first-order valence-corrected chi connectivity index (χ1v) is 7.90. The highest BCUT2D eigenvalue weighted by molar-refractivity contribution is 7.99. The van der Waals surface area contributed by atoms with E-state index >= 15 is 0 Å². The molecule has 114 valence electrons. The van der Waals surface area contributed by atoms with Crippen molar-refractivity contribution in [2.45, 2.75) is 24.7 Å². The van der Waals surface area contributed by atoms with Crippen LogP contribution in [0, 0.1) is 0 Å². The van der Waals surface area contributed by atoms with Crippen LogP contribution in [0.4, 0.5) is 0 Å². The number of aliphatic hydroxyl groups excluding tert-OH is 1. The molecule has 0 saturated heterocycles. The van der Waals surface area contributed by atoms with Gasteiger partial charge in [-0.2, -0.15) is 11.8 Å². The molecule has 0 aliphatic carbocycles. The predicted molar refractivity (Wildman–Crippen MR) is 85.0 cm³/mol. The molecular formula is C15H25NO3S. The average molecular weight is 299 g/mol. The highest BCUT2D eigenvalue weighted by Gasteiger charge is 2.16. The maximum atomic E-state index is 9.91. The van der Waals surface area contributed by atoms with Crippen molar-refractivity contribution in [2.24, 2.45) is 0 Å². The molecule has 1 unspecified atom stereocenters. The van der Waals surface area contributed by atoms with E-state index in [1.165, 1.54) is 0 Å². The van der Waals surface area contributed by atoms with Crippen molar-refractivity contribution in [3.05, 3.63) is 24.3 Å². The van der Waals surface area contributed by atoms with Gasteiger partial charge in [0.2, 0.25) is 0 Å². The van der Waals surface area contributed by atoms with Gasteiger partial charge in [-0.3, -0.25) is 0 Å². The van der Waals surface area contributed by atoms with Crippen LogP contribution in [0.2, 0.25) is 0 Å². The number of benzene rings is 1. The monoisotopic (exact) mass is 299 g/mol. The molecule has 0 bridgehead atoms. The van der Waals surface area contributed by atoms with Crippen molar-refractivity contribution >= 4 is 11.8 Å². The van der Waals surface area contributed by atoms with Crippen LogP contribution >= 0.6 is 11.8 Å². The second kappa shape index (κ2) is 8.39. The number of hydrogen-bond donors (Lipinski definition) is 2. The maximum absolute atomic E-state index is 9.91. The van der Waals surface area contributed by atoms with Crippen molar-refractivity contribution in [2.75, 3.05) is 33.1 Å². The predicted octanol–water partition coefficient (Wildman–Crippen LogP) is 2.17. The first-order valence-electron chi connectivity index (χ1n) is 6.68. The zero-order valence-electron chi connectivity index (χ0n) is 12.7. The topological polar surface area (TPSA) is 50.7 Å². The van der Waals surface area contributed by atoms with Crippen LogP contribution in [0.5, 0.6) is 11.5 Å². The molecule has 0 fully saturated rings. The molecule has 0 aromatic heterocycles. The van der Waals surface area contributed by atoms with Gasteiger partial charge in [0, 0.05) is 17.8 Å². The van der Waals surface area contributed by atoms with Crippen molar-refractivity contribution in [3.63, 3.8) is 0 Å². The summed E-state index contributed by atoms with van der Waals surface area (Å²) in [7, 11) is 1.60. The standard InChI is InChI=1S/C15H25NO3S/c1-15(2,20-4)11-16-9-12(17)10-19-14-8-6-5-7-13(14)18-3/h5-8,12,16-17H,9-11H2,1-4H3. The Labute approximate surface area is 125 Å². The number of ether oxygens (including phenoxy) is 2. The molecule has 0 aliphatic heterocycles. The lowest BCUT2D eigenvalue weighted by Gasteiger charge is -2.23. The van der Waals surface area contributed by atoms with Gasteiger partial charge in [-0.15, -0.1) is 0 Å². The Hall–Kier alpha value is -0.910. The van der Waals surface area contributed by atoms with Gasteiger partial charge in [-0.1, -0.05) is 12.1 Å². The minimum absolute atomic E-state index is 0.170. The minimum Gasteiger partial charge on any atom is -0.493 e. The Morgan fingerprint density at radius 3 is 2.55 bits per heavy atom. The summed E-state index contributed by atoms with van der Waals surface area (Å²) in [6.45, 7) is 5.94. The third-order valence-electron chi connectivity index (χ3n) is 2.98. The second-order valence-electron chi connectivity index (χ2n) is 5.21. The fourth-order valence-corrected chi connectivity index (χ4v) is 1.84. The molecule has 0 radical (unpaired) electrons. The van der Waals surface area contributed by atoms with E-state index in [0.717, 1.165) is 6.54 Å². The molecule has 1 aromatic carbocycles. The number of thioether (sulfide) groups is 1. The number of aliphatic hydroxyl groups is 1. The first-order chi connectivity index (χ1) is 9.48. The van der Waals surface area contributed by atoms with Crippen LogP contribution in [-0.4, -0.2) is 49.0 Å². The van der Waals surface area contributed by atoms with Crippen molar-refractivity contribution in [1.82, 2.24) is 5.32 Å². The van der Waals surface area contributed by atoms with E-state index < -0.39 is 6.10 Å². The molecule has 0 heterocycles. The number of para-hydroxylation sites is 2. The zero-order valence-corrected chi connectivity index (χ0v) is 13.5. The lowest BCUT2D eigenvalue weighted by molar-refractivity contribution is 0.104. The quantitative estimate of drug-likeness (QED) is 0.732. The molecule has 4 nitrogen and oxygen atoms in total. The summed E-state index contributed by atoms with van der Waals surface area (Å²) in [5, 5.41) is 13.2. The molecule has 0 aliphatic rings. The van der Waals surface area contributed by atoms with Gasteiger partial charge in [-0.05, 0) is 32.2 Å². The lowest BCUT2D eigenvalue weighted by atomic mass is 10.2. The highest BCUT2D eigenvalue weighted by atomic mass is 32.2. The molecule has 0 saturated carbocycles. The summed E-state index contributed by atoms with van der Waals surface area (Å²) in [5.74, 6) is 1.33. The summed E-state index contributed by atoms with van der Waals surface area (Å²) in [6, 6.07) is 7.43. The SMILES string of the molecule is COc1ccccc1OCC(O)CNCC(C)(C)SC. The summed E-state index contributed by atoms with van der Waals surface area (Å²) in [6.07, 6.45) is 1.54. The smallest absolute Gasteiger partial charge is 0.161 e. The third-order valence-corrected chi connectivity index (χ3v) is 4.23. The first kappa shape index (κ1) is 17.1. The van der Waals surface area contributed by atoms with Gasteiger partial charge < -0.3 is 19.9 Å². The van der Waals surface area contributed by atoms with Crippen molar-refractivity contribution in [3.8, 4) is 11.5 Å². The zero-order chi connectivity index (χ0) is 15.0. The third kappa shape index (κ3) is 6.03.